The molecule has 0 saturated heterocycles. The van der Waals surface area contributed by atoms with Gasteiger partial charge in [-0.25, -0.2) is 4.98 Å². The van der Waals surface area contributed by atoms with Crippen LogP contribution in [0.25, 0.3) is 0 Å². The average Bonchev–Trinajstić information content (AvgIpc) is 2.78. The molecule has 0 radical (unpaired) electrons. The summed E-state index contributed by atoms with van der Waals surface area (Å²) in [5.41, 5.74) is 2.07. The number of rotatable bonds is 6. The van der Waals surface area contributed by atoms with E-state index in [1.165, 1.54) is 0 Å². The van der Waals surface area contributed by atoms with Crippen LogP contribution in [0.1, 0.15) is 5.69 Å². The maximum absolute atomic E-state index is 8.84. The number of aromatic nitrogens is 1. The lowest BCUT2D eigenvalue weighted by Gasteiger charge is -2.12. The molecule has 0 fully saturated rings. The lowest BCUT2D eigenvalue weighted by atomic mass is 10.3. The van der Waals surface area contributed by atoms with Crippen molar-refractivity contribution in [1.82, 2.24) is 9.88 Å². The fourth-order valence-corrected chi connectivity index (χ4v) is 2.33. The van der Waals surface area contributed by atoms with Crippen molar-refractivity contribution in [2.24, 2.45) is 0 Å². The van der Waals surface area contributed by atoms with Gasteiger partial charge >= 0.3 is 0 Å². The minimum atomic E-state index is 0.176. The minimum Gasteiger partial charge on any atom is -0.395 e. The topological polar surface area (TPSA) is 48.4 Å². The van der Waals surface area contributed by atoms with Gasteiger partial charge in [-0.1, -0.05) is 18.2 Å². The highest BCUT2D eigenvalue weighted by Crippen LogP contribution is 2.21. The molecule has 18 heavy (non-hydrogen) atoms. The molecule has 0 aliphatic rings. The van der Waals surface area contributed by atoms with Crippen molar-refractivity contribution < 1.29 is 5.11 Å². The van der Waals surface area contributed by atoms with E-state index >= 15 is 0 Å². The molecule has 2 aromatic rings. The summed E-state index contributed by atoms with van der Waals surface area (Å²) in [6.07, 6.45) is 0. The molecule has 0 bridgehead atoms. The van der Waals surface area contributed by atoms with Crippen LogP contribution in [0.3, 0.4) is 0 Å². The van der Waals surface area contributed by atoms with Crippen LogP contribution in [0.2, 0.25) is 0 Å². The zero-order chi connectivity index (χ0) is 12.8. The molecule has 1 aromatic heterocycles. The number of nitrogens with zero attached hydrogens (tertiary/aromatic N) is 2. The Hall–Kier alpha value is -1.43. The molecule has 0 amide bonds. The number of nitrogens with one attached hydrogen (secondary N) is 1. The maximum atomic E-state index is 8.84. The number of aliphatic hydroxyl groups excluding tert-OH is 1. The van der Waals surface area contributed by atoms with Crippen LogP contribution >= 0.6 is 11.3 Å². The van der Waals surface area contributed by atoms with E-state index in [-0.39, 0.29) is 6.61 Å². The monoisotopic (exact) mass is 263 g/mol. The summed E-state index contributed by atoms with van der Waals surface area (Å²) >= 11 is 1.59. The van der Waals surface area contributed by atoms with Gasteiger partial charge in [-0.2, -0.15) is 0 Å². The molecule has 0 aliphatic heterocycles. The quantitative estimate of drug-likeness (QED) is 0.839. The molecule has 4 nitrogen and oxygen atoms in total. The number of thiazole rings is 1. The first kappa shape index (κ1) is 13.0. The van der Waals surface area contributed by atoms with Gasteiger partial charge in [0.15, 0.2) is 5.13 Å². The lowest BCUT2D eigenvalue weighted by molar-refractivity contribution is 0.216. The Labute approximate surface area is 111 Å². The molecule has 5 heteroatoms. The summed E-state index contributed by atoms with van der Waals surface area (Å²) in [6, 6.07) is 10.00. The van der Waals surface area contributed by atoms with Gasteiger partial charge < -0.3 is 10.4 Å². The van der Waals surface area contributed by atoms with E-state index in [2.05, 4.69) is 10.3 Å². The van der Waals surface area contributed by atoms with Crippen LogP contribution in [0.5, 0.6) is 0 Å². The van der Waals surface area contributed by atoms with Crippen LogP contribution in [-0.2, 0) is 6.54 Å². The Kier molecular flexibility index (Phi) is 4.69. The van der Waals surface area contributed by atoms with Gasteiger partial charge in [0.1, 0.15) is 0 Å². The molecular formula is C13H17N3OS. The molecule has 2 rings (SSSR count). The van der Waals surface area contributed by atoms with Gasteiger partial charge in [-0.15, -0.1) is 11.3 Å². The van der Waals surface area contributed by atoms with Gasteiger partial charge in [0.2, 0.25) is 0 Å². The highest BCUT2D eigenvalue weighted by Gasteiger charge is 2.05. The lowest BCUT2D eigenvalue weighted by Crippen LogP contribution is -2.21. The smallest absolute Gasteiger partial charge is 0.187 e. The molecule has 0 atom stereocenters. The van der Waals surface area contributed by atoms with E-state index in [9.17, 15) is 0 Å². The third kappa shape index (κ3) is 3.80. The van der Waals surface area contributed by atoms with E-state index in [1.807, 2.05) is 47.7 Å². The number of benzene rings is 1. The maximum Gasteiger partial charge on any atom is 0.187 e. The Balaban J connectivity index is 1.94. The Morgan fingerprint density at radius 1 is 1.33 bits per heavy atom. The van der Waals surface area contributed by atoms with Gasteiger partial charge in [0.25, 0.3) is 0 Å². The first-order chi connectivity index (χ1) is 8.78. The Morgan fingerprint density at radius 3 is 2.83 bits per heavy atom. The van der Waals surface area contributed by atoms with Crippen LogP contribution < -0.4 is 5.32 Å². The van der Waals surface area contributed by atoms with Crippen LogP contribution in [-0.4, -0.2) is 35.2 Å². The molecule has 96 valence electrons. The molecule has 1 heterocycles. The second-order valence-electron chi connectivity index (χ2n) is 4.10. The van der Waals surface area contributed by atoms with Crippen LogP contribution in [0.4, 0.5) is 10.8 Å². The third-order valence-corrected chi connectivity index (χ3v) is 3.30. The first-order valence-corrected chi connectivity index (χ1v) is 6.72. The summed E-state index contributed by atoms with van der Waals surface area (Å²) in [4.78, 5) is 6.55. The van der Waals surface area contributed by atoms with E-state index in [4.69, 9.17) is 5.11 Å². The van der Waals surface area contributed by atoms with Crippen molar-refractivity contribution in [2.45, 2.75) is 6.54 Å². The zero-order valence-electron chi connectivity index (χ0n) is 10.3. The highest BCUT2D eigenvalue weighted by atomic mass is 32.1. The van der Waals surface area contributed by atoms with Crippen LogP contribution in [0, 0.1) is 0 Å². The van der Waals surface area contributed by atoms with Crippen molar-refractivity contribution in [2.75, 3.05) is 25.5 Å². The first-order valence-electron chi connectivity index (χ1n) is 5.84. The van der Waals surface area contributed by atoms with Gasteiger partial charge in [-0.05, 0) is 19.2 Å². The molecular weight excluding hydrogens is 246 g/mol. The van der Waals surface area contributed by atoms with Crippen molar-refractivity contribution in [3.63, 3.8) is 0 Å². The molecule has 0 spiro atoms. The molecule has 1 aromatic carbocycles. The second-order valence-corrected chi connectivity index (χ2v) is 4.95. The molecule has 0 saturated carbocycles. The SMILES string of the molecule is CN(CCO)Cc1csc(Nc2ccccc2)n1. The summed E-state index contributed by atoms with van der Waals surface area (Å²) in [7, 11) is 1.97. The van der Waals surface area contributed by atoms with E-state index < -0.39 is 0 Å². The summed E-state index contributed by atoms with van der Waals surface area (Å²) < 4.78 is 0. The summed E-state index contributed by atoms with van der Waals surface area (Å²) in [5.74, 6) is 0. The van der Waals surface area contributed by atoms with E-state index in [0.29, 0.717) is 6.54 Å². The number of likely N-dealkylation sites (N-methyl/N-ethyl adjacent to an activating group) is 1. The summed E-state index contributed by atoms with van der Waals surface area (Å²) in [5, 5.41) is 15.0. The Morgan fingerprint density at radius 2 is 2.11 bits per heavy atom. The number of aliphatic hydroxyl groups is 1. The van der Waals surface area contributed by atoms with Gasteiger partial charge in [0, 0.05) is 24.2 Å². The van der Waals surface area contributed by atoms with E-state index in [1.54, 1.807) is 11.3 Å². The highest BCUT2D eigenvalue weighted by molar-refractivity contribution is 7.13. The predicted molar refractivity (Wildman–Crippen MR) is 75.3 cm³/mol. The minimum absolute atomic E-state index is 0.176. The number of para-hydroxylation sites is 1. The van der Waals surface area contributed by atoms with Crippen LogP contribution in [0.15, 0.2) is 35.7 Å². The van der Waals surface area contributed by atoms with E-state index in [0.717, 1.165) is 23.1 Å². The molecule has 2 N–H and O–H groups in total. The molecule has 0 aliphatic carbocycles. The summed E-state index contributed by atoms with van der Waals surface area (Å²) in [6.45, 7) is 1.60. The van der Waals surface area contributed by atoms with Crippen molar-refractivity contribution >= 4 is 22.2 Å². The van der Waals surface area contributed by atoms with Crippen molar-refractivity contribution in [3.05, 3.63) is 41.4 Å². The number of hydrogen-bond acceptors (Lipinski definition) is 5. The second kappa shape index (κ2) is 6.49. The fourth-order valence-electron chi connectivity index (χ4n) is 1.61. The van der Waals surface area contributed by atoms with Gasteiger partial charge in [-0.3, -0.25) is 4.90 Å². The zero-order valence-corrected chi connectivity index (χ0v) is 11.2. The van der Waals surface area contributed by atoms with Crippen molar-refractivity contribution in [3.8, 4) is 0 Å². The largest absolute Gasteiger partial charge is 0.395 e. The van der Waals surface area contributed by atoms with Crippen molar-refractivity contribution in [1.29, 1.82) is 0 Å². The average molecular weight is 263 g/mol. The number of hydrogen-bond donors (Lipinski definition) is 2. The predicted octanol–water partition coefficient (Wildman–Crippen LogP) is 2.31. The standard InChI is InChI=1S/C13H17N3OS/c1-16(7-8-17)9-12-10-18-13(15-12)14-11-5-3-2-4-6-11/h2-6,10,17H,7-9H2,1H3,(H,14,15). The number of anilines is 2. The Bertz CT molecular complexity index is 472. The normalized spacial score (nSPS) is 10.8. The fraction of sp³-hybridized carbons (Fsp3) is 0.308. The third-order valence-electron chi connectivity index (χ3n) is 2.49. The van der Waals surface area contributed by atoms with Gasteiger partial charge in [0.05, 0.1) is 12.3 Å². The molecule has 0 unspecified atom stereocenters.